The lowest BCUT2D eigenvalue weighted by atomic mass is 10.2. The maximum atomic E-state index is 11.9. The third kappa shape index (κ3) is 7.14. The Kier molecular flexibility index (Phi) is 8.05. The molecule has 2 aromatic carbocycles. The summed E-state index contributed by atoms with van der Waals surface area (Å²) in [7, 11) is -8.13. The standard InChI is InChI=1S/C24H19N5O9S2/c25-39(32,33)19-7-1-15(2-8-19)21-11-5-17(37-21)13-26-28-23(30)24(31)29-27-14-18-6-12-22(38-18)16-3-9-20(10-4-16)40(34,35)36/h1-14H,(H,28,30)(H,29,31)(H2,25,32,33)(H,34,35,36)/b26-13+,27-14?. The summed E-state index contributed by atoms with van der Waals surface area (Å²) in [5, 5.41) is 12.3. The molecule has 2 heterocycles. The van der Waals surface area contributed by atoms with Gasteiger partial charge in [-0.2, -0.15) is 18.6 Å². The van der Waals surface area contributed by atoms with Crippen LogP contribution >= 0.6 is 0 Å². The summed E-state index contributed by atoms with van der Waals surface area (Å²) in [5.41, 5.74) is 5.12. The van der Waals surface area contributed by atoms with E-state index < -0.39 is 32.0 Å². The Morgan fingerprint density at radius 3 is 1.45 bits per heavy atom. The predicted octanol–water partition coefficient (Wildman–Crippen LogP) is 1.70. The van der Waals surface area contributed by atoms with Crippen LogP contribution in [0.4, 0.5) is 0 Å². The molecule has 0 aliphatic rings. The van der Waals surface area contributed by atoms with Crippen molar-refractivity contribution in [1.82, 2.24) is 10.9 Å². The van der Waals surface area contributed by atoms with Crippen molar-refractivity contribution >= 4 is 44.4 Å². The van der Waals surface area contributed by atoms with E-state index in [1.807, 2.05) is 10.9 Å². The largest absolute Gasteiger partial charge is 0.455 e. The van der Waals surface area contributed by atoms with Gasteiger partial charge in [-0.05, 0) is 72.8 Å². The number of nitrogens with one attached hydrogen (secondary N) is 2. The normalized spacial score (nSPS) is 12.2. The van der Waals surface area contributed by atoms with Gasteiger partial charge in [0.2, 0.25) is 10.0 Å². The first kappa shape index (κ1) is 28.1. The average Bonchev–Trinajstić information content (AvgIpc) is 3.58. The zero-order valence-corrected chi connectivity index (χ0v) is 21.7. The van der Waals surface area contributed by atoms with Gasteiger partial charge in [-0.15, -0.1) is 0 Å². The monoisotopic (exact) mass is 585 g/mol. The van der Waals surface area contributed by atoms with Crippen LogP contribution in [0.1, 0.15) is 11.5 Å². The number of hydrogen-bond donors (Lipinski definition) is 4. The SMILES string of the molecule is NS(=O)(=O)c1ccc(-c2ccc(/C=N/NC(=O)C(=O)NN=Cc3ccc(-c4ccc(S(=O)(=O)O)cc4)o3)o2)cc1. The fourth-order valence-corrected chi connectivity index (χ4v) is 4.16. The Labute approximate surface area is 227 Å². The van der Waals surface area contributed by atoms with Crippen LogP contribution in [0.5, 0.6) is 0 Å². The number of benzene rings is 2. The number of nitrogens with zero attached hydrogens (tertiary/aromatic N) is 2. The average molecular weight is 586 g/mol. The van der Waals surface area contributed by atoms with Gasteiger partial charge in [0.1, 0.15) is 23.0 Å². The maximum Gasteiger partial charge on any atom is 0.331 e. The van der Waals surface area contributed by atoms with Gasteiger partial charge in [-0.3, -0.25) is 14.1 Å². The molecule has 0 aliphatic heterocycles. The van der Waals surface area contributed by atoms with E-state index in [1.165, 1.54) is 54.6 Å². The van der Waals surface area contributed by atoms with E-state index in [9.17, 15) is 26.4 Å². The second-order valence-corrected chi connectivity index (χ2v) is 10.9. The van der Waals surface area contributed by atoms with Crippen LogP contribution in [0.3, 0.4) is 0 Å². The van der Waals surface area contributed by atoms with Crippen LogP contribution in [0, 0.1) is 0 Å². The molecule has 14 nitrogen and oxygen atoms in total. The third-order valence-electron chi connectivity index (χ3n) is 5.08. The molecule has 5 N–H and O–H groups in total. The van der Waals surface area contributed by atoms with Crippen LogP contribution < -0.4 is 16.0 Å². The summed E-state index contributed by atoms with van der Waals surface area (Å²) >= 11 is 0. The van der Waals surface area contributed by atoms with Gasteiger partial charge < -0.3 is 8.83 Å². The van der Waals surface area contributed by atoms with Gasteiger partial charge >= 0.3 is 11.8 Å². The highest BCUT2D eigenvalue weighted by Crippen LogP contribution is 2.24. The zero-order chi connectivity index (χ0) is 28.9. The second kappa shape index (κ2) is 11.5. The predicted molar refractivity (Wildman–Crippen MR) is 141 cm³/mol. The van der Waals surface area contributed by atoms with Crippen molar-refractivity contribution in [3.05, 3.63) is 84.3 Å². The zero-order valence-electron chi connectivity index (χ0n) is 20.1. The summed E-state index contributed by atoms with van der Waals surface area (Å²) in [4.78, 5) is 23.5. The number of hydrazone groups is 2. The molecule has 0 saturated carbocycles. The topological polar surface area (TPSA) is 224 Å². The molecular formula is C24H19N5O9S2. The number of rotatable bonds is 8. The molecule has 40 heavy (non-hydrogen) atoms. The molecule has 0 fully saturated rings. The number of furan rings is 2. The minimum Gasteiger partial charge on any atom is -0.455 e. The van der Waals surface area contributed by atoms with Crippen LogP contribution in [0.25, 0.3) is 22.6 Å². The molecule has 4 aromatic rings. The quantitative estimate of drug-likeness (QED) is 0.102. The van der Waals surface area contributed by atoms with Crippen molar-refractivity contribution in [2.45, 2.75) is 9.79 Å². The van der Waals surface area contributed by atoms with E-state index in [-0.39, 0.29) is 21.3 Å². The lowest BCUT2D eigenvalue weighted by Gasteiger charge is -2.00. The molecule has 4 rings (SSSR count). The molecule has 0 radical (unpaired) electrons. The van der Waals surface area contributed by atoms with E-state index in [0.29, 0.717) is 22.6 Å². The van der Waals surface area contributed by atoms with E-state index in [1.54, 1.807) is 18.2 Å². The van der Waals surface area contributed by atoms with E-state index >= 15 is 0 Å². The first-order valence-corrected chi connectivity index (χ1v) is 14.0. The third-order valence-corrected chi connectivity index (χ3v) is 6.88. The Morgan fingerprint density at radius 1 is 0.675 bits per heavy atom. The number of primary sulfonamides is 1. The van der Waals surface area contributed by atoms with Crippen LogP contribution in [0.2, 0.25) is 0 Å². The molecule has 2 aromatic heterocycles. The molecule has 0 aliphatic carbocycles. The molecule has 0 bridgehead atoms. The number of nitrogens with two attached hydrogens (primary N) is 1. The Balaban J connectivity index is 1.27. The lowest BCUT2D eigenvalue weighted by molar-refractivity contribution is -0.139. The highest BCUT2D eigenvalue weighted by molar-refractivity contribution is 7.89. The summed E-state index contributed by atoms with van der Waals surface area (Å²) < 4.78 is 65.1. The van der Waals surface area contributed by atoms with Crippen LogP contribution in [0.15, 0.2) is 102 Å². The van der Waals surface area contributed by atoms with Crippen molar-refractivity contribution in [2.75, 3.05) is 0 Å². The van der Waals surface area contributed by atoms with Gasteiger partial charge in [-0.25, -0.2) is 24.4 Å². The molecule has 16 heteroatoms. The molecule has 0 saturated heterocycles. The first-order valence-electron chi connectivity index (χ1n) is 11.0. The number of amides is 2. The summed E-state index contributed by atoms with van der Waals surface area (Å²) in [5.74, 6) is -1.000. The highest BCUT2D eigenvalue weighted by atomic mass is 32.2. The lowest BCUT2D eigenvalue weighted by Crippen LogP contribution is -2.35. The van der Waals surface area contributed by atoms with Gasteiger partial charge in [-0.1, -0.05) is 0 Å². The summed E-state index contributed by atoms with van der Waals surface area (Å²) in [6.07, 6.45) is 2.30. The Hall–Kier alpha value is -4.90. The van der Waals surface area contributed by atoms with Crippen molar-refractivity contribution < 1.29 is 39.8 Å². The van der Waals surface area contributed by atoms with E-state index in [4.69, 9.17) is 18.5 Å². The number of hydrogen-bond acceptors (Lipinski definition) is 10. The van der Waals surface area contributed by atoms with Crippen molar-refractivity contribution in [1.29, 1.82) is 0 Å². The summed E-state index contributed by atoms with van der Waals surface area (Å²) in [6, 6.07) is 17.2. The fraction of sp³-hybridized carbons (Fsp3) is 0. The molecule has 2 amide bonds. The van der Waals surface area contributed by atoms with E-state index in [2.05, 4.69) is 10.2 Å². The summed E-state index contributed by atoms with van der Waals surface area (Å²) in [6.45, 7) is 0. The van der Waals surface area contributed by atoms with Crippen LogP contribution in [-0.2, 0) is 29.7 Å². The Morgan fingerprint density at radius 2 is 1.07 bits per heavy atom. The molecule has 0 spiro atoms. The van der Waals surface area contributed by atoms with Gasteiger partial charge in [0.05, 0.1) is 22.2 Å². The minimum absolute atomic E-state index is 0.0461. The smallest absolute Gasteiger partial charge is 0.331 e. The van der Waals surface area contributed by atoms with Gasteiger partial charge in [0.25, 0.3) is 10.1 Å². The van der Waals surface area contributed by atoms with Gasteiger partial charge in [0, 0.05) is 11.1 Å². The second-order valence-electron chi connectivity index (χ2n) is 7.87. The Bertz CT molecular complexity index is 1690. The van der Waals surface area contributed by atoms with Gasteiger partial charge in [0.15, 0.2) is 0 Å². The molecule has 0 unspecified atom stereocenters. The number of carbonyl (C=O) groups is 2. The maximum absolute atomic E-state index is 11.9. The number of sulfonamides is 1. The number of carbonyl (C=O) groups excluding carboxylic acids is 2. The molecule has 0 atom stereocenters. The van der Waals surface area contributed by atoms with Crippen molar-refractivity contribution in [2.24, 2.45) is 15.3 Å². The molecular weight excluding hydrogens is 566 g/mol. The van der Waals surface area contributed by atoms with Crippen molar-refractivity contribution in [3.63, 3.8) is 0 Å². The fourth-order valence-electron chi connectivity index (χ4n) is 3.17. The highest BCUT2D eigenvalue weighted by Gasteiger charge is 2.13. The first-order chi connectivity index (χ1) is 18.9. The van der Waals surface area contributed by atoms with E-state index in [0.717, 1.165) is 12.4 Å². The minimum atomic E-state index is -4.32. The van der Waals surface area contributed by atoms with Crippen molar-refractivity contribution in [3.8, 4) is 22.6 Å². The van der Waals surface area contributed by atoms with Crippen LogP contribution in [-0.4, -0.2) is 45.6 Å². The molecule has 206 valence electrons.